The Bertz CT molecular complexity index is 1210. The number of nitrogens with zero attached hydrogens (tertiary/aromatic N) is 3. The molecule has 30 heavy (non-hydrogen) atoms. The van der Waals surface area contributed by atoms with E-state index in [1.54, 1.807) is 23.6 Å². The fourth-order valence-electron chi connectivity index (χ4n) is 3.02. The number of rotatable bonds is 6. The van der Waals surface area contributed by atoms with Crippen LogP contribution in [0, 0.1) is 6.92 Å². The van der Waals surface area contributed by atoms with Gasteiger partial charge in [0.1, 0.15) is 11.6 Å². The molecular weight excluding hydrogens is 416 g/mol. The van der Waals surface area contributed by atoms with Crippen LogP contribution in [0.25, 0.3) is 15.3 Å². The van der Waals surface area contributed by atoms with Gasteiger partial charge in [-0.3, -0.25) is 4.79 Å². The van der Waals surface area contributed by atoms with Crippen LogP contribution in [0.3, 0.4) is 0 Å². The third-order valence-corrected chi connectivity index (χ3v) is 6.32. The molecule has 1 N–H and O–H groups in total. The summed E-state index contributed by atoms with van der Waals surface area (Å²) < 4.78 is 7.98. The number of benzene rings is 2. The zero-order valence-corrected chi connectivity index (χ0v) is 18.8. The molecule has 0 atom stereocenters. The molecule has 2 aromatic carbocycles. The lowest BCUT2D eigenvalue weighted by atomic mass is 10.2. The SMILES string of the molecule is COc1ccc2sc(-n3nc(C)cc3NC(=O)c3cccc(SC(C)C)c3)nc2c1. The number of aromatic nitrogens is 3. The highest BCUT2D eigenvalue weighted by atomic mass is 32.2. The number of thioether (sulfide) groups is 1. The topological polar surface area (TPSA) is 69.0 Å². The molecule has 2 aromatic heterocycles. The Morgan fingerprint density at radius 1 is 1.20 bits per heavy atom. The van der Waals surface area contributed by atoms with Crippen molar-refractivity contribution in [2.75, 3.05) is 12.4 Å². The van der Waals surface area contributed by atoms with Crippen LogP contribution in [0.15, 0.2) is 53.4 Å². The Kier molecular flexibility index (Phi) is 5.78. The lowest BCUT2D eigenvalue weighted by molar-refractivity contribution is 0.102. The van der Waals surface area contributed by atoms with Crippen molar-refractivity contribution in [2.45, 2.75) is 30.9 Å². The van der Waals surface area contributed by atoms with Gasteiger partial charge in [0.15, 0.2) is 0 Å². The Morgan fingerprint density at radius 2 is 2.03 bits per heavy atom. The number of ether oxygens (including phenoxy) is 1. The van der Waals surface area contributed by atoms with Crippen LogP contribution in [0.2, 0.25) is 0 Å². The minimum absolute atomic E-state index is 0.176. The van der Waals surface area contributed by atoms with Gasteiger partial charge in [-0.15, -0.1) is 11.8 Å². The van der Waals surface area contributed by atoms with Crippen LogP contribution in [0.1, 0.15) is 29.9 Å². The smallest absolute Gasteiger partial charge is 0.256 e. The highest BCUT2D eigenvalue weighted by Crippen LogP contribution is 2.30. The maximum Gasteiger partial charge on any atom is 0.256 e. The number of anilines is 1. The van der Waals surface area contributed by atoms with E-state index < -0.39 is 0 Å². The van der Waals surface area contributed by atoms with Crippen molar-refractivity contribution in [1.82, 2.24) is 14.8 Å². The number of hydrogen-bond donors (Lipinski definition) is 1. The molecule has 1 amide bonds. The Hall–Kier alpha value is -2.84. The molecule has 154 valence electrons. The van der Waals surface area contributed by atoms with Gasteiger partial charge in [-0.25, -0.2) is 4.98 Å². The highest BCUT2D eigenvalue weighted by Gasteiger charge is 2.16. The fourth-order valence-corrected chi connectivity index (χ4v) is 4.83. The van der Waals surface area contributed by atoms with Gasteiger partial charge in [0.05, 0.1) is 23.0 Å². The van der Waals surface area contributed by atoms with Gasteiger partial charge >= 0.3 is 0 Å². The van der Waals surface area contributed by atoms with E-state index in [0.717, 1.165) is 26.6 Å². The fraction of sp³-hybridized carbons (Fsp3) is 0.227. The molecule has 0 fully saturated rings. The molecule has 0 spiro atoms. The quantitative estimate of drug-likeness (QED) is 0.400. The zero-order valence-electron chi connectivity index (χ0n) is 17.2. The first kappa shape index (κ1) is 20.4. The maximum atomic E-state index is 12.9. The maximum absolute atomic E-state index is 12.9. The molecule has 0 aliphatic carbocycles. The first-order valence-electron chi connectivity index (χ1n) is 9.52. The number of thiazole rings is 1. The number of carbonyl (C=O) groups excluding carboxylic acids is 1. The van der Waals surface area contributed by atoms with Gasteiger partial charge in [-0.2, -0.15) is 9.78 Å². The van der Waals surface area contributed by atoms with Crippen molar-refractivity contribution in [1.29, 1.82) is 0 Å². The van der Waals surface area contributed by atoms with Crippen molar-refractivity contribution >= 4 is 45.0 Å². The number of fused-ring (bicyclic) bond motifs is 1. The molecular formula is C22H22N4O2S2. The van der Waals surface area contributed by atoms with Crippen molar-refractivity contribution < 1.29 is 9.53 Å². The van der Waals surface area contributed by atoms with Gasteiger partial charge in [0, 0.05) is 27.8 Å². The van der Waals surface area contributed by atoms with Gasteiger partial charge in [-0.05, 0) is 37.3 Å². The minimum atomic E-state index is -0.176. The molecule has 6 nitrogen and oxygen atoms in total. The van der Waals surface area contributed by atoms with Gasteiger partial charge < -0.3 is 10.1 Å². The number of amides is 1. The number of methoxy groups -OCH3 is 1. The second kappa shape index (κ2) is 8.49. The summed E-state index contributed by atoms with van der Waals surface area (Å²) in [6.45, 7) is 6.15. The molecule has 2 heterocycles. The first-order valence-corrected chi connectivity index (χ1v) is 11.2. The van der Waals surface area contributed by atoms with E-state index in [1.807, 2.05) is 55.5 Å². The second-order valence-electron chi connectivity index (χ2n) is 7.06. The lowest BCUT2D eigenvalue weighted by Gasteiger charge is -2.09. The van der Waals surface area contributed by atoms with Crippen LogP contribution >= 0.6 is 23.1 Å². The van der Waals surface area contributed by atoms with E-state index in [0.29, 0.717) is 21.8 Å². The molecule has 0 aliphatic rings. The molecule has 0 bridgehead atoms. The van der Waals surface area contributed by atoms with E-state index >= 15 is 0 Å². The highest BCUT2D eigenvalue weighted by molar-refractivity contribution is 7.99. The third kappa shape index (κ3) is 4.34. The number of nitrogens with one attached hydrogen (secondary N) is 1. The Morgan fingerprint density at radius 3 is 2.80 bits per heavy atom. The molecule has 4 rings (SSSR count). The van der Waals surface area contributed by atoms with E-state index in [9.17, 15) is 4.79 Å². The van der Waals surface area contributed by atoms with Crippen LogP contribution in [0.4, 0.5) is 5.82 Å². The predicted molar refractivity (Wildman–Crippen MR) is 123 cm³/mol. The van der Waals surface area contributed by atoms with E-state index in [1.165, 1.54) is 11.3 Å². The van der Waals surface area contributed by atoms with Crippen molar-refractivity contribution in [3.63, 3.8) is 0 Å². The van der Waals surface area contributed by atoms with Crippen LogP contribution in [0.5, 0.6) is 5.75 Å². The van der Waals surface area contributed by atoms with Crippen LogP contribution in [-0.2, 0) is 0 Å². The summed E-state index contributed by atoms with van der Waals surface area (Å²) in [7, 11) is 1.63. The second-order valence-corrected chi connectivity index (χ2v) is 9.72. The van der Waals surface area contributed by atoms with E-state index in [4.69, 9.17) is 4.74 Å². The summed E-state index contributed by atoms with van der Waals surface area (Å²) in [5.41, 5.74) is 2.24. The minimum Gasteiger partial charge on any atom is -0.497 e. The number of hydrogen-bond acceptors (Lipinski definition) is 6. The summed E-state index contributed by atoms with van der Waals surface area (Å²) in [6.07, 6.45) is 0. The monoisotopic (exact) mass is 438 g/mol. The third-order valence-electron chi connectivity index (χ3n) is 4.31. The Balaban J connectivity index is 1.63. The summed E-state index contributed by atoms with van der Waals surface area (Å²) in [6, 6.07) is 15.3. The van der Waals surface area contributed by atoms with Crippen LogP contribution in [-0.4, -0.2) is 33.0 Å². The normalized spacial score (nSPS) is 11.2. The van der Waals surface area contributed by atoms with Crippen LogP contribution < -0.4 is 10.1 Å². The summed E-state index contributed by atoms with van der Waals surface area (Å²) in [5.74, 6) is 1.17. The molecule has 0 saturated carbocycles. The molecule has 0 unspecified atom stereocenters. The van der Waals surface area contributed by atoms with E-state index in [2.05, 4.69) is 29.2 Å². The summed E-state index contributed by atoms with van der Waals surface area (Å²) in [4.78, 5) is 18.7. The molecule has 0 saturated heterocycles. The predicted octanol–water partition coefficient (Wildman–Crippen LogP) is 5.55. The van der Waals surface area contributed by atoms with Crippen molar-refractivity contribution in [2.24, 2.45) is 0 Å². The lowest BCUT2D eigenvalue weighted by Crippen LogP contribution is -2.15. The molecule has 0 radical (unpaired) electrons. The molecule has 0 aliphatic heterocycles. The average molecular weight is 439 g/mol. The molecule has 4 aromatic rings. The van der Waals surface area contributed by atoms with Gasteiger partial charge in [-0.1, -0.05) is 31.3 Å². The van der Waals surface area contributed by atoms with Crippen molar-refractivity contribution in [3.8, 4) is 10.9 Å². The summed E-state index contributed by atoms with van der Waals surface area (Å²) >= 11 is 3.24. The standard InChI is InChI=1S/C22H22N4O2S2/c1-13(2)29-17-7-5-6-15(11-17)21(27)24-20-10-14(3)25-26(20)22-23-18-12-16(28-4)8-9-19(18)30-22/h5-13H,1-4H3,(H,24,27). The van der Waals surface area contributed by atoms with Crippen molar-refractivity contribution in [3.05, 3.63) is 59.8 Å². The van der Waals surface area contributed by atoms with E-state index in [-0.39, 0.29) is 5.91 Å². The number of carbonyl (C=O) groups is 1. The first-order chi connectivity index (χ1) is 14.4. The average Bonchev–Trinajstić information content (AvgIpc) is 3.29. The summed E-state index contributed by atoms with van der Waals surface area (Å²) in [5, 5.41) is 8.66. The zero-order chi connectivity index (χ0) is 21.3. The molecule has 8 heteroatoms. The Labute approximate surface area is 183 Å². The van der Waals surface area contributed by atoms with Gasteiger partial charge in [0.2, 0.25) is 5.13 Å². The largest absolute Gasteiger partial charge is 0.497 e. The number of aryl methyl sites for hydroxylation is 1. The van der Waals surface area contributed by atoms with Gasteiger partial charge in [0.25, 0.3) is 5.91 Å².